The number of hydrogen-bond acceptors (Lipinski definition) is 3. The van der Waals surface area contributed by atoms with Gasteiger partial charge in [-0.25, -0.2) is 4.79 Å². The molecule has 1 aliphatic rings. The summed E-state index contributed by atoms with van der Waals surface area (Å²) in [6.45, 7) is 1.73. The van der Waals surface area contributed by atoms with Crippen molar-refractivity contribution in [1.29, 1.82) is 0 Å². The summed E-state index contributed by atoms with van der Waals surface area (Å²) >= 11 is 0. The minimum Gasteiger partial charge on any atom is -0.480 e. The number of carboxylic acid groups (broad SMARTS) is 1. The minimum atomic E-state index is -1.01. The summed E-state index contributed by atoms with van der Waals surface area (Å²) in [5.41, 5.74) is 4.29. The molecule has 5 heteroatoms. The molecule has 0 atom stereocenters. The van der Waals surface area contributed by atoms with E-state index in [1.54, 1.807) is 6.07 Å². The molecule has 1 saturated carbocycles. The number of pyridine rings is 1. The van der Waals surface area contributed by atoms with Gasteiger partial charge in [-0.2, -0.15) is 0 Å². The molecule has 2 aromatic heterocycles. The number of hydrogen-bond donors (Lipinski definition) is 1. The Balaban J connectivity index is 2.11. The highest BCUT2D eigenvalue weighted by molar-refractivity contribution is 5.76. The Labute approximate surface area is 147 Å². The highest BCUT2D eigenvalue weighted by Gasteiger charge is 2.24. The largest absolute Gasteiger partial charge is 0.480 e. The van der Waals surface area contributed by atoms with E-state index in [-0.39, 0.29) is 6.61 Å². The lowest BCUT2D eigenvalue weighted by molar-refractivity contribution is -0.139. The quantitative estimate of drug-likeness (QED) is 0.746. The van der Waals surface area contributed by atoms with Crippen LogP contribution in [0.15, 0.2) is 18.3 Å². The van der Waals surface area contributed by atoms with Crippen molar-refractivity contribution < 1.29 is 19.4 Å². The van der Waals surface area contributed by atoms with Gasteiger partial charge in [-0.15, -0.1) is 0 Å². The molecule has 5 nitrogen and oxygen atoms in total. The van der Waals surface area contributed by atoms with Crippen LogP contribution in [0.25, 0.3) is 5.52 Å². The Hall–Kier alpha value is -2.30. The molecule has 1 fully saturated rings. The highest BCUT2D eigenvalue weighted by atomic mass is 16.5. The first-order valence-corrected chi connectivity index (χ1v) is 9.07. The second-order valence-corrected chi connectivity index (χ2v) is 6.76. The van der Waals surface area contributed by atoms with E-state index in [4.69, 9.17) is 9.84 Å². The van der Waals surface area contributed by atoms with Crippen LogP contribution < -0.4 is 4.74 Å². The van der Waals surface area contributed by atoms with Crippen molar-refractivity contribution in [2.24, 2.45) is 5.92 Å². The first-order chi connectivity index (χ1) is 12.2. The van der Waals surface area contributed by atoms with E-state index >= 15 is 0 Å². The Morgan fingerprint density at radius 2 is 2.12 bits per heavy atom. The van der Waals surface area contributed by atoms with Crippen molar-refractivity contribution in [3.63, 3.8) is 0 Å². The Kier molecular flexibility index (Phi) is 5.41. The molecule has 0 aliphatic heterocycles. The number of aldehydes is 1. The van der Waals surface area contributed by atoms with Crippen molar-refractivity contribution in [3.05, 3.63) is 35.2 Å². The molecule has 0 radical (unpaired) electrons. The van der Waals surface area contributed by atoms with Crippen molar-refractivity contribution >= 4 is 17.8 Å². The number of aromatic nitrogens is 1. The average molecular weight is 343 g/mol. The van der Waals surface area contributed by atoms with Crippen LogP contribution in [0, 0.1) is 5.92 Å². The highest BCUT2D eigenvalue weighted by Crippen LogP contribution is 2.35. The van der Waals surface area contributed by atoms with Gasteiger partial charge in [0.05, 0.1) is 5.52 Å². The van der Waals surface area contributed by atoms with Crippen LogP contribution in [0.2, 0.25) is 0 Å². The molecule has 2 heterocycles. The molecule has 0 bridgehead atoms. The number of carbonyl (C=O) groups excluding carboxylic acids is 1. The first-order valence-electron chi connectivity index (χ1n) is 9.07. The number of fused-ring (bicyclic) bond motifs is 1. The van der Waals surface area contributed by atoms with Crippen LogP contribution in [-0.2, 0) is 28.9 Å². The summed E-state index contributed by atoms with van der Waals surface area (Å²) in [6.07, 6.45) is 10.2. The molecular weight excluding hydrogens is 318 g/mol. The fraction of sp³-hybridized carbons (Fsp3) is 0.500. The lowest BCUT2D eigenvalue weighted by atomic mass is 9.96. The fourth-order valence-electron chi connectivity index (χ4n) is 4.16. The van der Waals surface area contributed by atoms with Crippen LogP contribution in [0.4, 0.5) is 0 Å². The third kappa shape index (κ3) is 3.55. The zero-order chi connectivity index (χ0) is 17.8. The molecule has 134 valence electrons. The Morgan fingerprint density at radius 3 is 2.76 bits per heavy atom. The fourth-order valence-corrected chi connectivity index (χ4v) is 4.16. The van der Waals surface area contributed by atoms with Crippen LogP contribution >= 0.6 is 0 Å². The molecule has 2 aromatic rings. The van der Waals surface area contributed by atoms with E-state index in [0.717, 1.165) is 30.2 Å². The van der Waals surface area contributed by atoms with Gasteiger partial charge in [0.25, 0.3) is 0 Å². The second kappa shape index (κ2) is 7.72. The maximum atomic E-state index is 11.3. The summed E-state index contributed by atoms with van der Waals surface area (Å²) in [5.74, 6) is 0.220. The standard InChI is InChI=1S/C20H25NO4/c1-2-15-16(9-11-22)20-18(25-13-19(23)24)8-5-10-21(20)17(15)12-14-6-3-4-7-14/h5,8,10-11,14H,2-4,6-7,9,12-13H2,1H3,(H,23,24). The smallest absolute Gasteiger partial charge is 0.341 e. The second-order valence-electron chi connectivity index (χ2n) is 6.76. The summed E-state index contributed by atoms with van der Waals surface area (Å²) in [5, 5.41) is 8.93. The maximum absolute atomic E-state index is 11.3. The van der Waals surface area contributed by atoms with Crippen molar-refractivity contribution in [3.8, 4) is 5.75 Å². The zero-order valence-corrected chi connectivity index (χ0v) is 14.7. The summed E-state index contributed by atoms with van der Waals surface area (Å²) in [6, 6.07) is 3.66. The maximum Gasteiger partial charge on any atom is 0.341 e. The Bertz CT molecular complexity index is 772. The third-order valence-corrected chi connectivity index (χ3v) is 5.20. The van der Waals surface area contributed by atoms with E-state index in [1.165, 1.54) is 36.9 Å². The predicted molar refractivity (Wildman–Crippen MR) is 95.3 cm³/mol. The van der Waals surface area contributed by atoms with Crippen molar-refractivity contribution in [2.45, 2.75) is 51.9 Å². The number of ether oxygens (including phenoxy) is 1. The van der Waals surface area contributed by atoms with Crippen LogP contribution in [0.5, 0.6) is 5.75 Å². The normalized spacial score (nSPS) is 14.9. The molecule has 0 amide bonds. The summed E-state index contributed by atoms with van der Waals surface area (Å²) < 4.78 is 7.63. The Morgan fingerprint density at radius 1 is 1.36 bits per heavy atom. The number of aliphatic carboxylic acids is 1. The van der Waals surface area contributed by atoms with E-state index in [2.05, 4.69) is 11.3 Å². The van der Waals surface area contributed by atoms with Crippen LogP contribution in [0.1, 0.15) is 49.4 Å². The number of carbonyl (C=O) groups is 2. The SMILES string of the molecule is CCc1c(CC=O)c2c(OCC(=O)O)cccn2c1CC1CCCC1. The van der Waals surface area contributed by atoms with Gasteiger partial charge in [0.1, 0.15) is 12.0 Å². The van der Waals surface area contributed by atoms with Gasteiger partial charge in [-0.3, -0.25) is 0 Å². The third-order valence-electron chi connectivity index (χ3n) is 5.20. The van der Waals surface area contributed by atoms with E-state index in [9.17, 15) is 9.59 Å². The summed E-state index contributed by atoms with van der Waals surface area (Å²) in [4.78, 5) is 22.2. The number of rotatable bonds is 8. The minimum absolute atomic E-state index is 0.324. The van der Waals surface area contributed by atoms with E-state index in [0.29, 0.717) is 18.1 Å². The van der Waals surface area contributed by atoms with Gasteiger partial charge < -0.3 is 19.0 Å². The van der Waals surface area contributed by atoms with Crippen LogP contribution in [0.3, 0.4) is 0 Å². The average Bonchev–Trinajstić information content (AvgIpc) is 3.21. The van der Waals surface area contributed by atoms with Gasteiger partial charge >= 0.3 is 5.97 Å². The van der Waals surface area contributed by atoms with Gasteiger partial charge in [-0.1, -0.05) is 32.6 Å². The van der Waals surface area contributed by atoms with Crippen molar-refractivity contribution in [1.82, 2.24) is 4.40 Å². The number of nitrogens with zero attached hydrogens (tertiary/aromatic N) is 1. The predicted octanol–water partition coefficient (Wildman–Crippen LogP) is 3.44. The van der Waals surface area contributed by atoms with Gasteiger partial charge in [-0.05, 0) is 42.0 Å². The zero-order valence-electron chi connectivity index (χ0n) is 14.7. The monoisotopic (exact) mass is 343 g/mol. The lowest BCUT2D eigenvalue weighted by Crippen LogP contribution is -2.10. The van der Waals surface area contributed by atoms with Crippen molar-refractivity contribution in [2.75, 3.05) is 6.61 Å². The van der Waals surface area contributed by atoms with Gasteiger partial charge in [0.15, 0.2) is 6.61 Å². The summed E-state index contributed by atoms with van der Waals surface area (Å²) in [7, 11) is 0. The molecule has 0 spiro atoms. The lowest BCUT2D eigenvalue weighted by Gasteiger charge is -2.12. The van der Waals surface area contributed by atoms with E-state index in [1.807, 2.05) is 12.3 Å². The molecular formula is C20H25NO4. The van der Waals surface area contributed by atoms with E-state index < -0.39 is 5.97 Å². The molecule has 0 aromatic carbocycles. The molecule has 1 N–H and O–H groups in total. The molecule has 0 saturated heterocycles. The molecule has 0 unspecified atom stereocenters. The topological polar surface area (TPSA) is 68.0 Å². The van der Waals surface area contributed by atoms with Gasteiger partial charge in [0, 0.05) is 18.3 Å². The van der Waals surface area contributed by atoms with Crippen LogP contribution in [-0.4, -0.2) is 28.4 Å². The molecule has 3 rings (SSSR count). The van der Waals surface area contributed by atoms with Gasteiger partial charge in [0.2, 0.25) is 0 Å². The first kappa shape index (κ1) is 17.5. The number of carboxylic acids is 1. The molecule has 1 aliphatic carbocycles. The molecule has 25 heavy (non-hydrogen) atoms.